The lowest BCUT2D eigenvalue weighted by Crippen LogP contribution is -2.23. The third-order valence-electron chi connectivity index (χ3n) is 3.06. The minimum atomic E-state index is -0.388. The molecule has 6 heteroatoms. The Morgan fingerprint density at radius 3 is 2.65 bits per heavy atom. The fourth-order valence-electron chi connectivity index (χ4n) is 1.97. The molecule has 2 N–H and O–H groups in total. The highest BCUT2D eigenvalue weighted by Gasteiger charge is 2.09. The molecular formula is C17H14ClN3O2. The number of carbonyl (C=O) groups is 2. The lowest BCUT2D eigenvalue weighted by molar-refractivity contribution is -0.115. The molecule has 0 radical (unpaired) electrons. The molecule has 0 heterocycles. The summed E-state index contributed by atoms with van der Waals surface area (Å²) >= 11 is 5.86. The normalized spacial score (nSPS) is 9.74. The second-order valence-electron chi connectivity index (χ2n) is 4.73. The zero-order chi connectivity index (χ0) is 16.7. The Kier molecular flexibility index (Phi) is 5.73. The average Bonchev–Trinajstić information content (AvgIpc) is 2.54. The Balaban J connectivity index is 2.04. The van der Waals surface area contributed by atoms with E-state index < -0.39 is 0 Å². The maximum Gasteiger partial charge on any atom is 0.251 e. The molecule has 0 aliphatic carbocycles. The highest BCUT2D eigenvalue weighted by atomic mass is 35.5. The van der Waals surface area contributed by atoms with E-state index in [4.69, 9.17) is 16.9 Å². The number of para-hydroxylation sites is 1. The van der Waals surface area contributed by atoms with Gasteiger partial charge in [0.2, 0.25) is 5.91 Å². The van der Waals surface area contributed by atoms with Crippen LogP contribution >= 0.6 is 11.6 Å². The van der Waals surface area contributed by atoms with Crippen LogP contribution in [0.3, 0.4) is 0 Å². The van der Waals surface area contributed by atoms with Crippen LogP contribution in [0.4, 0.5) is 5.69 Å². The predicted octanol–water partition coefficient (Wildman–Crippen LogP) is 3.12. The van der Waals surface area contributed by atoms with E-state index in [0.717, 1.165) is 5.56 Å². The van der Waals surface area contributed by atoms with E-state index in [1.54, 1.807) is 54.6 Å². The van der Waals surface area contributed by atoms with Crippen LogP contribution in [0.2, 0.25) is 5.02 Å². The van der Waals surface area contributed by atoms with Gasteiger partial charge in [-0.25, -0.2) is 0 Å². The molecule has 2 aromatic rings. The minimum absolute atomic E-state index is 0.219. The fourth-order valence-corrected chi connectivity index (χ4v) is 2.16. The first-order valence-corrected chi connectivity index (χ1v) is 7.26. The molecule has 5 nitrogen and oxygen atoms in total. The Labute approximate surface area is 138 Å². The first-order chi connectivity index (χ1) is 11.1. The zero-order valence-electron chi connectivity index (χ0n) is 12.2. The molecule has 0 saturated heterocycles. The molecule has 0 saturated carbocycles. The molecule has 0 bridgehead atoms. The van der Waals surface area contributed by atoms with Crippen LogP contribution in [-0.4, -0.2) is 11.8 Å². The zero-order valence-corrected chi connectivity index (χ0v) is 12.9. The molecule has 0 aliphatic rings. The van der Waals surface area contributed by atoms with Gasteiger partial charge in [-0.15, -0.1) is 0 Å². The monoisotopic (exact) mass is 327 g/mol. The van der Waals surface area contributed by atoms with E-state index in [1.807, 2.05) is 0 Å². The first kappa shape index (κ1) is 16.5. The highest BCUT2D eigenvalue weighted by Crippen LogP contribution is 2.16. The minimum Gasteiger partial charge on any atom is -0.348 e. The van der Waals surface area contributed by atoms with Crippen molar-refractivity contribution >= 4 is 29.1 Å². The summed E-state index contributed by atoms with van der Waals surface area (Å²) in [4.78, 5) is 23.6. The molecule has 116 valence electrons. The van der Waals surface area contributed by atoms with Gasteiger partial charge in [-0.05, 0) is 29.8 Å². The molecule has 0 fully saturated rings. The van der Waals surface area contributed by atoms with Crippen LogP contribution in [0.15, 0.2) is 48.5 Å². The summed E-state index contributed by atoms with van der Waals surface area (Å²) in [5.41, 5.74) is 1.77. The number of rotatable bonds is 5. The Bertz CT molecular complexity index is 768. The van der Waals surface area contributed by atoms with Gasteiger partial charge < -0.3 is 10.6 Å². The third kappa shape index (κ3) is 4.83. The van der Waals surface area contributed by atoms with Gasteiger partial charge in [0.1, 0.15) is 6.42 Å². The summed E-state index contributed by atoms with van der Waals surface area (Å²) in [6.45, 7) is 0.244. The van der Waals surface area contributed by atoms with Crippen LogP contribution in [0.1, 0.15) is 22.3 Å². The van der Waals surface area contributed by atoms with Crippen LogP contribution in [0, 0.1) is 11.3 Å². The van der Waals surface area contributed by atoms with E-state index in [2.05, 4.69) is 10.6 Å². The van der Waals surface area contributed by atoms with Gasteiger partial charge in [0.25, 0.3) is 5.91 Å². The van der Waals surface area contributed by atoms with Crippen LogP contribution < -0.4 is 10.6 Å². The number of carbonyl (C=O) groups excluding carboxylic acids is 2. The van der Waals surface area contributed by atoms with Crippen molar-refractivity contribution in [1.82, 2.24) is 5.32 Å². The van der Waals surface area contributed by atoms with E-state index >= 15 is 0 Å². The molecule has 0 atom stereocenters. The molecule has 23 heavy (non-hydrogen) atoms. The van der Waals surface area contributed by atoms with E-state index in [1.165, 1.54) is 0 Å². The SMILES string of the molecule is N#CCC(=O)Nc1ccccc1CNC(=O)c1cccc(Cl)c1. The molecule has 0 aliphatic heterocycles. The molecule has 2 aromatic carbocycles. The second-order valence-corrected chi connectivity index (χ2v) is 5.17. The largest absolute Gasteiger partial charge is 0.348 e. The number of halogens is 1. The average molecular weight is 328 g/mol. The summed E-state index contributed by atoms with van der Waals surface area (Å²) in [5.74, 6) is -0.647. The van der Waals surface area contributed by atoms with Gasteiger partial charge >= 0.3 is 0 Å². The second kappa shape index (κ2) is 7.97. The number of nitriles is 1. The number of nitrogens with zero attached hydrogens (tertiary/aromatic N) is 1. The molecule has 2 rings (SSSR count). The predicted molar refractivity (Wildman–Crippen MR) is 87.9 cm³/mol. The number of hydrogen-bond acceptors (Lipinski definition) is 3. The number of amides is 2. The van der Waals surface area contributed by atoms with Crippen molar-refractivity contribution in [3.63, 3.8) is 0 Å². The first-order valence-electron chi connectivity index (χ1n) is 6.88. The lowest BCUT2D eigenvalue weighted by atomic mass is 10.1. The van der Waals surface area contributed by atoms with Crippen LogP contribution in [0.5, 0.6) is 0 Å². The van der Waals surface area contributed by atoms with Crippen LogP contribution in [-0.2, 0) is 11.3 Å². The Hall–Kier alpha value is -2.84. The lowest BCUT2D eigenvalue weighted by Gasteiger charge is -2.11. The number of anilines is 1. The topological polar surface area (TPSA) is 82.0 Å². The van der Waals surface area contributed by atoms with Gasteiger partial charge in [0.05, 0.1) is 6.07 Å². The maximum absolute atomic E-state index is 12.1. The third-order valence-corrected chi connectivity index (χ3v) is 3.29. The van der Waals surface area contributed by atoms with Crippen molar-refractivity contribution in [3.8, 4) is 6.07 Å². The molecule has 0 unspecified atom stereocenters. The summed E-state index contributed by atoms with van der Waals surface area (Å²) in [5, 5.41) is 14.4. The number of nitrogens with one attached hydrogen (secondary N) is 2. The summed E-state index contributed by atoms with van der Waals surface area (Å²) < 4.78 is 0. The van der Waals surface area contributed by atoms with Crippen molar-refractivity contribution < 1.29 is 9.59 Å². The quantitative estimate of drug-likeness (QED) is 0.885. The van der Waals surface area contributed by atoms with Crippen LogP contribution in [0.25, 0.3) is 0 Å². The standard InChI is InChI=1S/C17H14ClN3O2/c18-14-6-3-5-12(10-14)17(23)20-11-13-4-1-2-7-15(13)21-16(22)8-9-19/h1-7,10H,8,11H2,(H,20,23)(H,21,22). The van der Waals surface area contributed by atoms with Crippen molar-refractivity contribution in [2.24, 2.45) is 0 Å². The van der Waals surface area contributed by atoms with Gasteiger partial charge in [-0.1, -0.05) is 35.9 Å². The van der Waals surface area contributed by atoms with E-state index in [0.29, 0.717) is 16.3 Å². The summed E-state index contributed by atoms with van der Waals surface area (Å²) in [7, 11) is 0. The van der Waals surface area contributed by atoms with E-state index in [-0.39, 0.29) is 24.8 Å². The fraction of sp³-hybridized carbons (Fsp3) is 0.118. The molecule has 2 amide bonds. The van der Waals surface area contributed by atoms with Crippen molar-refractivity contribution in [1.29, 1.82) is 5.26 Å². The molecule has 0 aromatic heterocycles. The number of hydrogen-bond donors (Lipinski definition) is 2. The van der Waals surface area contributed by atoms with Crippen molar-refractivity contribution in [2.45, 2.75) is 13.0 Å². The van der Waals surface area contributed by atoms with E-state index in [9.17, 15) is 9.59 Å². The van der Waals surface area contributed by atoms with Gasteiger partial charge in [-0.3, -0.25) is 9.59 Å². The van der Waals surface area contributed by atoms with Gasteiger partial charge in [-0.2, -0.15) is 5.26 Å². The van der Waals surface area contributed by atoms with Gasteiger partial charge in [0, 0.05) is 22.8 Å². The number of benzene rings is 2. The van der Waals surface area contributed by atoms with Crippen molar-refractivity contribution in [2.75, 3.05) is 5.32 Å². The smallest absolute Gasteiger partial charge is 0.251 e. The van der Waals surface area contributed by atoms with Crippen molar-refractivity contribution in [3.05, 3.63) is 64.7 Å². The summed E-state index contributed by atoms with van der Waals surface area (Å²) in [6, 6.07) is 15.5. The summed E-state index contributed by atoms with van der Waals surface area (Å²) in [6.07, 6.45) is -0.219. The Morgan fingerprint density at radius 2 is 1.91 bits per heavy atom. The Morgan fingerprint density at radius 1 is 1.13 bits per heavy atom. The highest BCUT2D eigenvalue weighted by molar-refractivity contribution is 6.30. The molecular weight excluding hydrogens is 314 g/mol. The van der Waals surface area contributed by atoms with Gasteiger partial charge in [0.15, 0.2) is 0 Å². The molecule has 0 spiro atoms. The maximum atomic E-state index is 12.1.